The van der Waals surface area contributed by atoms with Gasteiger partial charge in [0.15, 0.2) is 5.79 Å². The van der Waals surface area contributed by atoms with Crippen LogP contribution in [0.25, 0.3) is 11.1 Å². The molecule has 2 aromatic rings. The lowest BCUT2D eigenvalue weighted by atomic mass is 9.79. The van der Waals surface area contributed by atoms with E-state index in [1.807, 2.05) is 12.1 Å². The molecule has 1 spiro atoms. The molecule has 5 nitrogen and oxygen atoms in total. The molecule has 0 bridgehead atoms. The number of nitrogens with zero attached hydrogens (tertiary/aromatic N) is 2. The van der Waals surface area contributed by atoms with Crippen molar-refractivity contribution in [3.8, 4) is 22.9 Å². The van der Waals surface area contributed by atoms with E-state index in [4.69, 9.17) is 14.2 Å². The topological polar surface area (TPSA) is 54.7 Å². The number of hydrogen-bond donors (Lipinski definition) is 0. The fourth-order valence-electron chi connectivity index (χ4n) is 5.20. The van der Waals surface area contributed by atoms with Gasteiger partial charge in [-0.1, -0.05) is 12.1 Å². The Hall–Kier alpha value is -2.55. The van der Waals surface area contributed by atoms with E-state index >= 15 is 0 Å². The van der Waals surface area contributed by atoms with Crippen LogP contribution in [0.4, 0.5) is 5.69 Å². The molecule has 0 amide bonds. The van der Waals surface area contributed by atoms with E-state index in [0.717, 1.165) is 48.5 Å². The molecular weight excluding hydrogens is 376 g/mol. The van der Waals surface area contributed by atoms with E-state index < -0.39 is 5.79 Å². The first kappa shape index (κ1) is 19.4. The second-order valence-electron chi connectivity index (χ2n) is 8.45. The number of ether oxygens (including phenoxy) is 3. The van der Waals surface area contributed by atoms with Crippen molar-refractivity contribution in [2.45, 2.75) is 44.3 Å². The van der Waals surface area contributed by atoms with Crippen molar-refractivity contribution in [3.63, 3.8) is 0 Å². The van der Waals surface area contributed by atoms with Crippen LogP contribution in [0.15, 0.2) is 30.3 Å². The normalized spacial score (nSPS) is 20.1. The highest BCUT2D eigenvalue weighted by molar-refractivity contribution is 5.79. The average molecular weight is 405 g/mol. The largest absolute Gasteiger partial charge is 0.497 e. The number of piperidine rings is 1. The zero-order chi connectivity index (χ0) is 20.6. The van der Waals surface area contributed by atoms with Gasteiger partial charge in [-0.3, -0.25) is 0 Å². The van der Waals surface area contributed by atoms with E-state index in [1.165, 1.54) is 36.0 Å². The molecule has 3 aliphatic rings. The first-order valence-corrected chi connectivity index (χ1v) is 11.0. The molecule has 1 aliphatic carbocycles. The Morgan fingerprint density at radius 3 is 2.43 bits per heavy atom. The second-order valence-corrected chi connectivity index (χ2v) is 8.45. The molecule has 30 heavy (non-hydrogen) atoms. The van der Waals surface area contributed by atoms with Gasteiger partial charge in [0.1, 0.15) is 11.8 Å². The van der Waals surface area contributed by atoms with Gasteiger partial charge in [0.25, 0.3) is 0 Å². The highest BCUT2D eigenvalue weighted by atomic mass is 16.7. The van der Waals surface area contributed by atoms with Crippen molar-refractivity contribution >= 4 is 5.69 Å². The maximum atomic E-state index is 10.1. The lowest BCUT2D eigenvalue weighted by Gasteiger charge is -2.37. The first-order valence-electron chi connectivity index (χ1n) is 11.0. The molecule has 0 aromatic heterocycles. The number of hydrogen-bond acceptors (Lipinski definition) is 5. The van der Waals surface area contributed by atoms with Crippen LogP contribution in [-0.2, 0) is 22.3 Å². The summed E-state index contributed by atoms with van der Waals surface area (Å²) >= 11 is 0. The molecule has 0 unspecified atom stereocenters. The maximum Gasteiger partial charge on any atom is 0.172 e. The van der Waals surface area contributed by atoms with E-state index in [0.29, 0.717) is 19.6 Å². The van der Waals surface area contributed by atoms with Crippen molar-refractivity contribution in [2.24, 2.45) is 0 Å². The van der Waals surface area contributed by atoms with Gasteiger partial charge in [-0.15, -0.1) is 0 Å². The Bertz CT molecular complexity index is 965. The molecule has 5 rings (SSSR count). The molecule has 5 heteroatoms. The van der Waals surface area contributed by atoms with Crippen molar-refractivity contribution < 1.29 is 14.2 Å². The van der Waals surface area contributed by atoms with Crippen LogP contribution >= 0.6 is 0 Å². The third kappa shape index (κ3) is 3.34. The predicted octanol–water partition coefficient (Wildman–Crippen LogP) is 4.46. The van der Waals surface area contributed by atoms with Gasteiger partial charge in [-0.25, -0.2) is 0 Å². The lowest BCUT2D eigenvalue weighted by molar-refractivity contribution is -0.163. The predicted molar refractivity (Wildman–Crippen MR) is 116 cm³/mol. The van der Waals surface area contributed by atoms with Crippen molar-refractivity contribution in [1.29, 1.82) is 5.26 Å². The Balaban J connectivity index is 1.67. The van der Waals surface area contributed by atoms with Crippen LogP contribution < -0.4 is 9.64 Å². The average Bonchev–Trinajstić information content (AvgIpc) is 3.26. The molecule has 2 fully saturated rings. The van der Waals surface area contributed by atoms with Gasteiger partial charge in [-0.2, -0.15) is 5.26 Å². The minimum Gasteiger partial charge on any atom is -0.497 e. The summed E-state index contributed by atoms with van der Waals surface area (Å²) in [5.74, 6) is 0.310. The first-order chi connectivity index (χ1) is 14.7. The number of benzene rings is 2. The minimum atomic E-state index is -0.534. The highest BCUT2D eigenvalue weighted by Crippen LogP contribution is 2.44. The van der Waals surface area contributed by atoms with Gasteiger partial charge < -0.3 is 19.1 Å². The molecule has 2 aliphatic heterocycles. The quantitative estimate of drug-likeness (QED) is 0.756. The Labute approximate surface area is 178 Å². The molecule has 0 atom stereocenters. The molecule has 2 aromatic carbocycles. The molecule has 156 valence electrons. The Morgan fingerprint density at radius 2 is 1.77 bits per heavy atom. The minimum absolute atomic E-state index is 0.534. The number of methoxy groups -OCH3 is 1. The molecule has 2 heterocycles. The van der Waals surface area contributed by atoms with Gasteiger partial charge in [0.05, 0.1) is 31.6 Å². The molecule has 0 N–H and O–H groups in total. The van der Waals surface area contributed by atoms with Gasteiger partial charge in [0, 0.05) is 25.9 Å². The fraction of sp³-hybridized carbons (Fsp3) is 0.480. The van der Waals surface area contributed by atoms with Gasteiger partial charge >= 0.3 is 0 Å². The smallest absolute Gasteiger partial charge is 0.172 e. The van der Waals surface area contributed by atoms with Crippen LogP contribution in [0.3, 0.4) is 0 Å². The van der Waals surface area contributed by atoms with Crippen LogP contribution in [0.1, 0.15) is 42.4 Å². The second kappa shape index (κ2) is 7.94. The molecular formula is C25H28N2O3. The number of fused-ring (bicyclic) bond motifs is 1. The lowest BCUT2D eigenvalue weighted by Crippen LogP contribution is -2.38. The summed E-state index contributed by atoms with van der Waals surface area (Å²) in [5, 5.41) is 10.1. The molecule has 2 saturated heterocycles. The third-order valence-electron chi connectivity index (χ3n) is 6.75. The van der Waals surface area contributed by atoms with E-state index in [9.17, 15) is 5.26 Å². The number of nitriles is 1. The standard InChI is InChI=1S/C25H28N2O3/c1-28-19-7-5-18(6-8-19)21-15-24(27-11-3-2-4-12-27)23(17-26)20-9-10-25(16-22(20)21)29-13-14-30-25/h5-8,15H,2-4,9-14,16H2,1H3. The monoisotopic (exact) mass is 404 g/mol. The van der Waals surface area contributed by atoms with E-state index in [-0.39, 0.29) is 0 Å². The zero-order valence-electron chi connectivity index (χ0n) is 17.6. The van der Waals surface area contributed by atoms with Crippen molar-refractivity contribution in [3.05, 3.63) is 47.0 Å². The highest BCUT2D eigenvalue weighted by Gasteiger charge is 2.42. The Kier molecular flexibility index (Phi) is 5.14. The summed E-state index contributed by atoms with van der Waals surface area (Å²) in [4.78, 5) is 2.41. The van der Waals surface area contributed by atoms with Crippen molar-refractivity contribution in [2.75, 3.05) is 38.3 Å². The summed E-state index contributed by atoms with van der Waals surface area (Å²) < 4.78 is 17.5. The maximum absolute atomic E-state index is 10.1. The summed E-state index contributed by atoms with van der Waals surface area (Å²) in [7, 11) is 1.69. The Morgan fingerprint density at radius 1 is 1.03 bits per heavy atom. The fourth-order valence-corrected chi connectivity index (χ4v) is 5.20. The van der Waals surface area contributed by atoms with Gasteiger partial charge in [-0.05, 0) is 66.1 Å². The molecule has 0 radical (unpaired) electrons. The van der Waals surface area contributed by atoms with Crippen LogP contribution in [-0.4, -0.2) is 39.2 Å². The zero-order valence-corrected chi connectivity index (χ0v) is 17.6. The molecule has 0 saturated carbocycles. The van der Waals surface area contributed by atoms with Gasteiger partial charge in [0.2, 0.25) is 0 Å². The SMILES string of the molecule is COc1ccc(-c2cc(N3CCCCC3)c(C#N)c3c2CC2(CC3)OCCO2)cc1. The van der Waals surface area contributed by atoms with E-state index in [2.05, 4.69) is 29.2 Å². The van der Waals surface area contributed by atoms with E-state index in [1.54, 1.807) is 7.11 Å². The summed E-state index contributed by atoms with van der Waals surface area (Å²) in [5.41, 5.74) is 6.64. The number of anilines is 1. The van der Waals surface area contributed by atoms with Crippen molar-refractivity contribution in [1.82, 2.24) is 0 Å². The van der Waals surface area contributed by atoms with Crippen LogP contribution in [0.5, 0.6) is 5.75 Å². The summed E-state index contributed by atoms with van der Waals surface area (Å²) in [6, 6.07) is 13.0. The summed E-state index contributed by atoms with van der Waals surface area (Å²) in [6.45, 7) is 3.33. The summed E-state index contributed by atoms with van der Waals surface area (Å²) in [6.07, 6.45) is 5.95. The third-order valence-corrected chi connectivity index (χ3v) is 6.75. The van der Waals surface area contributed by atoms with Crippen LogP contribution in [0, 0.1) is 11.3 Å². The number of rotatable bonds is 3. The van der Waals surface area contributed by atoms with Crippen LogP contribution in [0.2, 0.25) is 0 Å².